The minimum Gasteiger partial charge on any atom is -0.493 e. The van der Waals surface area contributed by atoms with Crippen molar-refractivity contribution in [3.63, 3.8) is 0 Å². The third-order valence-corrected chi connectivity index (χ3v) is 5.55. The van der Waals surface area contributed by atoms with Gasteiger partial charge in [0.15, 0.2) is 17.2 Å². The third-order valence-electron chi connectivity index (χ3n) is 4.17. The van der Waals surface area contributed by atoms with Gasteiger partial charge in [-0.05, 0) is 30.3 Å². The van der Waals surface area contributed by atoms with Crippen molar-refractivity contribution in [3.8, 4) is 23.0 Å². The van der Waals surface area contributed by atoms with E-state index in [0.717, 1.165) is 18.2 Å². The number of carbonyl (C=O) groups is 1. The van der Waals surface area contributed by atoms with Crippen LogP contribution in [0.2, 0.25) is 0 Å². The van der Waals surface area contributed by atoms with Crippen molar-refractivity contribution in [2.24, 2.45) is 0 Å². The van der Waals surface area contributed by atoms with E-state index in [2.05, 4.69) is 4.72 Å². The van der Waals surface area contributed by atoms with E-state index in [1.807, 2.05) is 0 Å². The fraction of sp³-hybridized carbons (Fsp3) is 0.0952. The maximum absolute atomic E-state index is 14.5. The highest BCUT2D eigenvalue weighted by atomic mass is 32.2. The zero-order valence-corrected chi connectivity index (χ0v) is 17.3. The Morgan fingerprint density at radius 1 is 0.935 bits per heavy atom. The number of benzene rings is 3. The smallest absolute Gasteiger partial charge is 0.335 e. The number of anilines is 1. The topological polar surface area (TPSA) is 111 Å². The van der Waals surface area contributed by atoms with Crippen LogP contribution in [0.25, 0.3) is 0 Å². The lowest BCUT2D eigenvalue weighted by Crippen LogP contribution is -2.16. The van der Waals surface area contributed by atoms with E-state index in [1.54, 1.807) is 30.3 Å². The highest BCUT2D eigenvalue weighted by Crippen LogP contribution is 2.35. The standard InChI is InChI=1S/C21H18FNO7S/c1-28-18-11-15(22)20(12-19(18)29-2)31(26,27)23-16-10-13(21(24)25)8-9-17(16)30-14-6-4-3-5-7-14/h3-12,23H,1-2H3,(H,24,25). The monoisotopic (exact) mass is 447 g/mol. The number of methoxy groups -OCH3 is 2. The lowest BCUT2D eigenvalue weighted by atomic mass is 10.2. The van der Waals surface area contributed by atoms with Crippen LogP contribution in [-0.4, -0.2) is 33.7 Å². The van der Waals surface area contributed by atoms with E-state index in [-0.39, 0.29) is 28.5 Å². The third kappa shape index (κ3) is 4.86. The number of para-hydroxylation sites is 1. The van der Waals surface area contributed by atoms with Crippen molar-refractivity contribution in [2.75, 3.05) is 18.9 Å². The molecule has 3 aromatic carbocycles. The molecule has 31 heavy (non-hydrogen) atoms. The molecular formula is C21H18FNO7S. The maximum atomic E-state index is 14.5. The van der Waals surface area contributed by atoms with Gasteiger partial charge in [0, 0.05) is 12.1 Å². The molecule has 0 aromatic heterocycles. The second-order valence-corrected chi connectivity index (χ2v) is 7.83. The number of ether oxygens (including phenoxy) is 3. The van der Waals surface area contributed by atoms with Crippen LogP contribution in [0, 0.1) is 5.82 Å². The number of carboxylic acid groups (broad SMARTS) is 1. The van der Waals surface area contributed by atoms with Gasteiger partial charge in [0.1, 0.15) is 16.5 Å². The number of nitrogens with one attached hydrogen (secondary N) is 1. The molecule has 0 aliphatic rings. The minimum absolute atomic E-state index is 0.00400. The lowest BCUT2D eigenvalue weighted by Gasteiger charge is -2.16. The molecule has 8 nitrogen and oxygen atoms in total. The van der Waals surface area contributed by atoms with Crippen LogP contribution < -0.4 is 18.9 Å². The van der Waals surface area contributed by atoms with Crippen molar-refractivity contribution in [1.82, 2.24) is 0 Å². The van der Waals surface area contributed by atoms with Crippen molar-refractivity contribution in [3.05, 3.63) is 72.0 Å². The summed E-state index contributed by atoms with van der Waals surface area (Å²) in [7, 11) is -1.93. The van der Waals surface area contributed by atoms with Gasteiger partial charge in [0.25, 0.3) is 10.0 Å². The fourth-order valence-electron chi connectivity index (χ4n) is 2.69. The molecule has 0 unspecified atom stereocenters. The molecule has 2 N–H and O–H groups in total. The summed E-state index contributed by atoms with van der Waals surface area (Å²) in [6.07, 6.45) is 0. The van der Waals surface area contributed by atoms with E-state index in [1.165, 1.54) is 26.4 Å². The van der Waals surface area contributed by atoms with Gasteiger partial charge >= 0.3 is 5.97 Å². The predicted octanol–water partition coefficient (Wildman–Crippen LogP) is 4.13. The van der Waals surface area contributed by atoms with Crippen molar-refractivity contribution >= 4 is 21.7 Å². The Hall–Kier alpha value is -3.79. The molecule has 0 atom stereocenters. The Morgan fingerprint density at radius 2 is 1.58 bits per heavy atom. The molecule has 0 saturated heterocycles. The molecular weight excluding hydrogens is 429 g/mol. The molecule has 0 heterocycles. The summed E-state index contributed by atoms with van der Waals surface area (Å²) in [5, 5.41) is 9.27. The summed E-state index contributed by atoms with van der Waals surface area (Å²) in [5.74, 6) is -1.91. The fourth-order valence-corrected chi connectivity index (χ4v) is 3.83. The number of carboxylic acids is 1. The first-order valence-corrected chi connectivity index (χ1v) is 10.3. The zero-order chi connectivity index (χ0) is 22.6. The van der Waals surface area contributed by atoms with Crippen molar-refractivity contribution in [2.45, 2.75) is 4.90 Å². The van der Waals surface area contributed by atoms with E-state index in [4.69, 9.17) is 14.2 Å². The normalized spacial score (nSPS) is 10.9. The van der Waals surface area contributed by atoms with Crippen LogP contribution in [0.1, 0.15) is 10.4 Å². The molecule has 0 fully saturated rings. The molecule has 3 aromatic rings. The van der Waals surface area contributed by atoms with Crippen LogP contribution in [0.15, 0.2) is 65.6 Å². The molecule has 0 spiro atoms. The first-order chi connectivity index (χ1) is 14.7. The first kappa shape index (κ1) is 21.9. The number of sulfonamides is 1. The largest absolute Gasteiger partial charge is 0.493 e. The molecule has 0 radical (unpaired) electrons. The summed E-state index contributed by atoms with van der Waals surface area (Å²) in [6, 6.07) is 14.0. The van der Waals surface area contributed by atoms with Gasteiger partial charge in [-0.2, -0.15) is 0 Å². The first-order valence-electron chi connectivity index (χ1n) is 8.79. The molecule has 10 heteroatoms. The average molecular weight is 447 g/mol. The van der Waals surface area contributed by atoms with Crippen LogP contribution in [-0.2, 0) is 10.0 Å². The summed E-state index contributed by atoms with van der Waals surface area (Å²) < 4.78 is 58.3. The lowest BCUT2D eigenvalue weighted by molar-refractivity contribution is 0.0697. The van der Waals surface area contributed by atoms with Crippen molar-refractivity contribution in [1.29, 1.82) is 0 Å². The Balaban J connectivity index is 2.05. The quantitative estimate of drug-likeness (QED) is 0.534. The molecule has 0 aliphatic carbocycles. The number of aromatic carboxylic acids is 1. The van der Waals surface area contributed by atoms with Gasteiger partial charge in [-0.3, -0.25) is 4.72 Å². The van der Waals surface area contributed by atoms with E-state index >= 15 is 0 Å². The van der Waals surface area contributed by atoms with Gasteiger partial charge in [-0.25, -0.2) is 17.6 Å². The Morgan fingerprint density at radius 3 is 2.19 bits per heavy atom. The highest BCUT2D eigenvalue weighted by Gasteiger charge is 2.25. The average Bonchev–Trinajstić information content (AvgIpc) is 2.74. The summed E-state index contributed by atoms with van der Waals surface area (Å²) in [4.78, 5) is 10.6. The zero-order valence-electron chi connectivity index (χ0n) is 16.5. The molecule has 0 amide bonds. The number of hydrogen-bond donors (Lipinski definition) is 2. The molecule has 0 saturated carbocycles. The molecule has 0 aliphatic heterocycles. The Kier molecular flexibility index (Phi) is 6.30. The predicted molar refractivity (Wildman–Crippen MR) is 110 cm³/mol. The van der Waals surface area contributed by atoms with Crippen LogP contribution >= 0.6 is 0 Å². The Bertz CT molecular complexity index is 1210. The molecule has 162 valence electrons. The summed E-state index contributed by atoms with van der Waals surface area (Å²) in [5.41, 5.74) is -0.371. The molecule has 3 rings (SSSR count). The highest BCUT2D eigenvalue weighted by molar-refractivity contribution is 7.92. The SMILES string of the molecule is COc1cc(F)c(S(=O)(=O)Nc2cc(C(=O)O)ccc2Oc2ccccc2)cc1OC. The minimum atomic E-state index is -4.49. The van der Waals surface area contributed by atoms with E-state index < -0.39 is 26.7 Å². The number of halogens is 1. The van der Waals surface area contributed by atoms with E-state index in [0.29, 0.717) is 5.75 Å². The van der Waals surface area contributed by atoms with Gasteiger partial charge < -0.3 is 19.3 Å². The second kappa shape index (κ2) is 8.92. The van der Waals surface area contributed by atoms with Gasteiger partial charge in [0.05, 0.1) is 25.5 Å². The second-order valence-electron chi connectivity index (χ2n) is 6.17. The van der Waals surface area contributed by atoms with Gasteiger partial charge in [-0.15, -0.1) is 0 Å². The van der Waals surface area contributed by atoms with E-state index in [9.17, 15) is 22.7 Å². The Labute approximate surface area is 177 Å². The van der Waals surface area contributed by atoms with Crippen LogP contribution in [0.3, 0.4) is 0 Å². The van der Waals surface area contributed by atoms with Crippen LogP contribution in [0.5, 0.6) is 23.0 Å². The van der Waals surface area contributed by atoms with Gasteiger partial charge in [-0.1, -0.05) is 18.2 Å². The maximum Gasteiger partial charge on any atom is 0.335 e. The van der Waals surface area contributed by atoms with Crippen molar-refractivity contribution < 1.29 is 36.9 Å². The number of rotatable bonds is 8. The summed E-state index contributed by atoms with van der Waals surface area (Å²) >= 11 is 0. The summed E-state index contributed by atoms with van der Waals surface area (Å²) in [6.45, 7) is 0. The number of hydrogen-bond acceptors (Lipinski definition) is 6. The van der Waals surface area contributed by atoms with Gasteiger partial charge in [0.2, 0.25) is 0 Å². The van der Waals surface area contributed by atoms with Crippen LogP contribution in [0.4, 0.5) is 10.1 Å². The molecule has 0 bridgehead atoms.